The molecular weight excluding hydrogens is 165 g/mol. The molecule has 0 unspecified atom stereocenters. The zero-order valence-electron chi connectivity index (χ0n) is 3.11. The van der Waals surface area contributed by atoms with Gasteiger partial charge in [0.25, 0.3) is 0 Å². The van der Waals surface area contributed by atoms with E-state index in [1.807, 2.05) is 0 Å². The topological polar surface area (TPSA) is 77.8 Å². The summed E-state index contributed by atoms with van der Waals surface area (Å²) in [6.07, 6.45) is 0. The molecule has 0 aliphatic carbocycles. The zero-order chi connectivity index (χ0) is 4.50. The van der Waals surface area contributed by atoms with Gasteiger partial charge in [-0.05, 0) is 0 Å². The number of rotatable bonds is 0. The van der Waals surface area contributed by atoms with E-state index in [1.54, 1.807) is 0 Å². The molecular formula is H3BCoO4P. The van der Waals surface area contributed by atoms with Crippen LogP contribution in [0.1, 0.15) is 0 Å². The molecule has 7 heteroatoms. The van der Waals surface area contributed by atoms with E-state index in [-0.39, 0.29) is 25.2 Å². The third kappa shape index (κ3) is 315. The minimum atomic E-state index is -4.64. The summed E-state index contributed by atoms with van der Waals surface area (Å²) in [5, 5.41) is 0. The van der Waals surface area contributed by atoms with Gasteiger partial charge in [-0.1, -0.05) is 0 Å². The van der Waals surface area contributed by atoms with Crippen LogP contribution >= 0.6 is 7.82 Å². The van der Waals surface area contributed by atoms with Crippen molar-refractivity contribution >= 4 is 16.2 Å². The first-order chi connectivity index (χ1) is 2.00. The van der Waals surface area contributed by atoms with Gasteiger partial charge in [-0.15, -0.1) is 0 Å². The molecule has 0 aliphatic heterocycles. The Morgan fingerprint density at radius 3 is 1.14 bits per heavy atom. The molecule has 0 saturated carbocycles. The fraction of sp³-hybridized carbons (Fsp3) is 0. The summed E-state index contributed by atoms with van der Waals surface area (Å²) < 4.78 is 8.88. The van der Waals surface area contributed by atoms with Crippen LogP contribution in [0.25, 0.3) is 0 Å². The standard InChI is InChI=1S/B.Co.H3O4P/c;;1-5(2,3)4/h;;(H3,1,2,3,4). The van der Waals surface area contributed by atoms with Gasteiger partial charge in [0, 0.05) is 25.2 Å². The van der Waals surface area contributed by atoms with E-state index in [4.69, 9.17) is 19.2 Å². The smallest absolute Gasteiger partial charge is 0.303 e. The van der Waals surface area contributed by atoms with E-state index in [1.165, 1.54) is 0 Å². The third-order valence-corrected chi connectivity index (χ3v) is 0. The Bertz CT molecular complexity index is 57.8. The Balaban J connectivity index is -0.0000000800. The van der Waals surface area contributed by atoms with Crippen molar-refractivity contribution in [2.24, 2.45) is 0 Å². The summed E-state index contributed by atoms with van der Waals surface area (Å²) in [6, 6.07) is 0. The molecule has 0 bridgehead atoms. The first kappa shape index (κ1) is 15.6. The number of hydrogen-bond acceptors (Lipinski definition) is 1. The quantitative estimate of drug-likeness (QED) is 0.309. The molecule has 44 valence electrons. The van der Waals surface area contributed by atoms with Gasteiger partial charge in [0.1, 0.15) is 0 Å². The van der Waals surface area contributed by atoms with Gasteiger partial charge in [0.05, 0.1) is 0 Å². The van der Waals surface area contributed by atoms with E-state index < -0.39 is 7.82 Å². The fourth-order valence-corrected chi connectivity index (χ4v) is 0. The summed E-state index contributed by atoms with van der Waals surface area (Å²) in [4.78, 5) is 21.6. The SMILES string of the molecule is O=P(O)(O)O.[B].[Co]. The Morgan fingerprint density at radius 2 is 1.14 bits per heavy atom. The van der Waals surface area contributed by atoms with Gasteiger partial charge < -0.3 is 14.7 Å². The van der Waals surface area contributed by atoms with Crippen molar-refractivity contribution in [3.8, 4) is 0 Å². The van der Waals surface area contributed by atoms with Crippen molar-refractivity contribution in [1.82, 2.24) is 0 Å². The summed E-state index contributed by atoms with van der Waals surface area (Å²) >= 11 is 0. The fourth-order valence-electron chi connectivity index (χ4n) is 0. The monoisotopic (exact) mass is 168 g/mol. The predicted octanol–water partition coefficient (Wildman–Crippen LogP) is -1.31. The van der Waals surface area contributed by atoms with Crippen molar-refractivity contribution in [1.29, 1.82) is 0 Å². The van der Waals surface area contributed by atoms with Gasteiger partial charge in [0.2, 0.25) is 0 Å². The third-order valence-electron chi connectivity index (χ3n) is 0. The molecule has 0 aliphatic rings. The van der Waals surface area contributed by atoms with E-state index in [0.717, 1.165) is 0 Å². The first-order valence-electron chi connectivity index (χ1n) is 0.783. The van der Waals surface area contributed by atoms with Crippen LogP contribution in [0.2, 0.25) is 0 Å². The van der Waals surface area contributed by atoms with Crippen molar-refractivity contribution in [3.05, 3.63) is 0 Å². The second-order valence-electron chi connectivity index (χ2n) is 0.513. The van der Waals surface area contributed by atoms with Gasteiger partial charge in [-0.3, -0.25) is 0 Å². The molecule has 0 atom stereocenters. The molecule has 0 rings (SSSR count). The molecule has 0 spiro atoms. The Labute approximate surface area is 52.9 Å². The van der Waals surface area contributed by atoms with E-state index in [2.05, 4.69) is 0 Å². The predicted molar refractivity (Wildman–Crippen MR) is 20.0 cm³/mol. The Hall–Kier alpha value is 0.681. The normalized spacial score (nSPS) is 8.43. The van der Waals surface area contributed by atoms with Gasteiger partial charge in [0.15, 0.2) is 0 Å². The molecule has 0 aromatic rings. The summed E-state index contributed by atoms with van der Waals surface area (Å²) in [5.74, 6) is 0. The maximum Gasteiger partial charge on any atom is 0.466 e. The molecule has 0 fully saturated rings. The van der Waals surface area contributed by atoms with Crippen LogP contribution in [0.3, 0.4) is 0 Å². The average Bonchev–Trinajstić information content (AvgIpc) is 0.722. The van der Waals surface area contributed by atoms with Gasteiger partial charge in [-0.2, -0.15) is 0 Å². The largest absolute Gasteiger partial charge is 0.466 e. The molecule has 0 amide bonds. The second-order valence-corrected chi connectivity index (χ2v) is 1.54. The van der Waals surface area contributed by atoms with Crippen molar-refractivity contribution < 1.29 is 36.0 Å². The van der Waals surface area contributed by atoms with Crippen LogP contribution in [0.4, 0.5) is 0 Å². The maximum absolute atomic E-state index is 8.88. The van der Waals surface area contributed by atoms with Crippen LogP contribution in [-0.2, 0) is 21.3 Å². The average molecular weight is 168 g/mol. The van der Waals surface area contributed by atoms with E-state index >= 15 is 0 Å². The zero-order valence-corrected chi connectivity index (χ0v) is 5.04. The van der Waals surface area contributed by atoms with Crippen LogP contribution in [0.15, 0.2) is 0 Å². The van der Waals surface area contributed by atoms with Crippen molar-refractivity contribution in [2.75, 3.05) is 0 Å². The molecule has 7 heavy (non-hydrogen) atoms. The van der Waals surface area contributed by atoms with Gasteiger partial charge in [-0.25, -0.2) is 4.57 Å². The molecule has 0 aromatic carbocycles. The molecule has 4 nitrogen and oxygen atoms in total. The maximum atomic E-state index is 8.88. The Kier molecular flexibility index (Phi) is 10.8. The second kappa shape index (κ2) is 4.83. The van der Waals surface area contributed by atoms with Gasteiger partial charge >= 0.3 is 7.82 Å². The summed E-state index contributed by atoms with van der Waals surface area (Å²) in [7, 11) is -4.64. The molecule has 4 radical (unpaired) electrons. The first-order valence-corrected chi connectivity index (χ1v) is 2.35. The van der Waals surface area contributed by atoms with Crippen LogP contribution in [-0.4, -0.2) is 23.1 Å². The van der Waals surface area contributed by atoms with Crippen LogP contribution in [0, 0.1) is 0 Å². The van der Waals surface area contributed by atoms with E-state index in [0.29, 0.717) is 0 Å². The Morgan fingerprint density at radius 1 is 1.14 bits per heavy atom. The van der Waals surface area contributed by atoms with Crippen molar-refractivity contribution in [3.63, 3.8) is 0 Å². The van der Waals surface area contributed by atoms with Crippen molar-refractivity contribution in [2.45, 2.75) is 0 Å². The van der Waals surface area contributed by atoms with Crippen LogP contribution < -0.4 is 0 Å². The molecule has 0 heterocycles. The number of hydrogen-bond donors (Lipinski definition) is 3. The molecule has 3 N–H and O–H groups in total. The minimum Gasteiger partial charge on any atom is -0.303 e. The number of phosphoric acid groups is 1. The summed E-state index contributed by atoms with van der Waals surface area (Å²) in [5.41, 5.74) is 0. The van der Waals surface area contributed by atoms with Crippen LogP contribution in [0.5, 0.6) is 0 Å². The minimum absolute atomic E-state index is 0. The van der Waals surface area contributed by atoms with E-state index in [9.17, 15) is 0 Å². The summed E-state index contributed by atoms with van der Waals surface area (Å²) in [6.45, 7) is 0. The molecule has 0 saturated heterocycles. The molecule has 0 aromatic heterocycles.